The Morgan fingerprint density at radius 3 is 2.58 bits per heavy atom. The maximum absolute atomic E-state index is 12.0. The topological polar surface area (TPSA) is 80.5 Å². The van der Waals surface area contributed by atoms with Crippen molar-refractivity contribution < 1.29 is 13.2 Å². The molecule has 1 saturated carbocycles. The van der Waals surface area contributed by atoms with E-state index in [4.69, 9.17) is 5.73 Å². The van der Waals surface area contributed by atoms with Crippen molar-refractivity contribution in [2.24, 2.45) is 11.7 Å². The summed E-state index contributed by atoms with van der Waals surface area (Å²) in [6.45, 7) is 4.88. The summed E-state index contributed by atoms with van der Waals surface area (Å²) < 4.78 is 25.5. The van der Waals surface area contributed by atoms with E-state index in [1.54, 1.807) is 6.08 Å². The second-order valence-electron chi connectivity index (χ2n) is 5.54. The first-order chi connectivity index (χ1) is 8.90. The first-order valence-corrected chi connectivity index (χ1v) is 8.43. The number of sulfonamides is 1. The number of nitrogens with two attached hydrogens (primary N) is 1. The number of nitrogens with zero attached hydrogens (tertiary/aromatic N) is 1. The van der Waals surface area contributed by atoms with E-state index >= 15 is 0 Å². The molecule has 0 aromatic heterocycles. The maximum Gasteiger partial charge on any atom is 0.214 e. The van der Waals surface area contributed by atoms with Crippen LogP contribution in [-0.2, 0) is 14.8 Å². The van der Waals surface area contributed by atoms with Gasteiger partial charge < -0.3 is 5.73 Å². The van der Waals surface area contributed by atoms with E-state index in [2.05, 4.69) is 6.58 Å². The minimum atomic E-state index is -3.18. The second-order valence-corrected chi connectivity index (χ2v) is 7.62. The zero-order chi connectivity index (χ0) is 14.1. The Kier molecular flexibility index (Phi) is 4.13. The molecule has 1 heterocycles. The molecule has 6 heteroatoms. The Morgan fingerprint density at radius 1 is 1.42 bits per heavy atom. The molecule has 0 bridgehead atoms. The zero-order valence-corrected chi connectivity index (χ0v) is 12.0. The van der Waals surface area contributed by atoms with E-state index in [0.29, 0.717) is 25.9 Å². The molecule has 2 N–H and O–H groups in total. The molecule has 1 aliphatic carbocycles. The predicted octanol–water partition coefficient (Wildman–Crippen LogP) is 0.665. The van der Waals surface area contributed by atoms with Crippen LogP contribution in [0.1, 0.15) is 32.1 Å². The Balaban J connectivity index is 1.77. The molecule has 0 radical (unpaired) electrons. The van der Waals surface area contributed by atoms with Crippen LogP contribution in [-0.4, -0.2) is 42.9 Å². The van der Waals surface area contributed by atoms with E-state index in [0.717, 1.165) is 12.8 Å². The van der Waals surface area contributed by atoms with Crippen molar-refractivity contribution in [3.8, 4) is 0 Å². The molecule has 0 amide bonds. The van der Waals surface area contributed by atoms with Crippen molar-refractivity contribution in [3.63, 3.8) is 0 Å². The molecular formula is C13H22N2O3S. The normalized spacial score (nSPS) is 31.3. The Morgan fingerprint density at radius 2 is 2.05 bits per heavy atom. The van der Waals surface area contributed by atoms with Crippen molar-refractivity contribution in [2.45, 2.75) is 37.6 Å². The smallest absolute Gasteiger partial charge is 0.214 e. The third kappa shape index (κ3) is 3.07. The lowest BCUT2D eigenvalue weighted by Gasteiger charge is -2.15. The molecule has 2 unspecified atom stereocenters. The van der Waals surface area contributed by atoms with Gasteiger partial charge in [0.1, 0.15) is 0 Å². The highest BCUT2D eigenvalue weighted by Crippen LogP contribution is 2.43. The molecule has 2 fully saturated rings. The quantitative estimate of drug-likeness (QED) is 0.697. The summed E-state index contributed by atoms with van der Waals surface area (Å²) in [6, 6.07) is 0. The summed E-state index contributed by atoms with van der Waals surface area (Å²) in [5.41, 5.74) is 5.17. The molecule has 19 heavy (non-hydrogen) atoms. The predicted molar refractivity (Wildman–Crippen MR) is 74.1 cm³/mol. The summed E-state index contributed by atoms with van der Waals surface area (Å²) in [5.74, 6) is 0.0809. The summed E-state index contributed by atoms with van der Waals surface area (Å²) >= 11 is 0. The van der Waals surface area contributed by atoms with Crippen LogP contribution >= 0.6 is 0 Å². The number of carbonyl (C=O) groups excluding carboxylic acids is 1. The summed E-state index contributed by atoms with van der Waals surface area (Å²) in [6.07, 6.45) is 4.83. The molecule has 2 rings (SSSR count). The molecule has 2 aliphatic rings. The minimum Gasteiger partial charge on any atom is -0.318 e. The number of hydrogen-bond acceptors (Lipinski definition) is 4. The van der Waals surface area contributed by atoms with Crippen molar-refractivity contribution in [3.05, 3.63) is 12.7 Å². The van der Waals surface area contributed by atoms with Crippen molar-refractivity contribution in [1.82, 2.24) is 4.31 Å². The standard InChI is InChI=1S/C13H22N2O3S/c1-2-11-10-13(11,14)12(16)6-5-9-19(17,18)15-7-3-4-8-15/h2,11H,1,3-10,14H2. The average Bonchev–Trinajstić information content (AvgIpc) is 2.81. The van der Waals surface area contributed by atoms with E-state index < -0.39 is 15.6 Å². The van der Waals surface area contributed by atoms with Gasteiger partial charge in [0.05, 0.1) is 11.3 Å². The first kappa shape index (κ1) is 14.7. The number of Topliss-reactive ketones (excluding diaryl/α,β-unsaturated/α-hetero) is 1. The molecule has 5 nitrogen and oxygen atoms in total. The van der Waals surface area contributed by atoms with Crippen LogP contribution in [0.3, 0.4) is 0 Å². The number of ketones is 1. The molecule has 1 saturated heterocycles. The van der Waals surface area contributed by atoms with Crippen LogP contribution in [0.4, 0.5) is 0 Å². The Labute approximate surface area is 114 Å². The van der Waals surface area contributed by atoms with E-state index in [1.165, 1.54) is 4.31 Å². The van der Waals surface area contributed by atoms with Crippen molar-refractivity contribution in [1.29, 1.82) is 0 Å². The zero-order valence-electron chi connectivity index (χ0n) is 11.2. The highest BCUT2D eigenvalue weighted by Gasteiger charge is 2.54. The minimum absolute atomic E-state index is 0.0333. The fraction of sp³-hybridized carbons (Fsp3) is 0.769. The van der Waals surface area contributed by atoms with Gasteiger partial charge in [-0.25, -0.2) is 12.7 Å². The van der Waals surface area contributed by atoms with Gasteiger partial charge >= 0.3 is 0 Å². The molecule has 1 aliphatic heterocycles. The van der Waals surface area contributed by atoms with Gasteiger partial charge in [-0.15, -0.1) is 6.58 Å². The fourth-order valence-corrected chi connectivity index (χ4v) is 4.24. The molecule has 2 atom stereocenters. The van der Waals surface area contributed by atoms with Crippen LogP contribution in [0.25, 0.3) is 0 Å². The van der Waals surface area contributed by atoms with Crippen molar-refractivity contribution >= 4 is 15.8 Å². The lowest BCUT2D eigenvalue weighted by Crippen LogP contribution is -2.36. The van der Waals surface area contributed by atoms with Crippen LogP contribution in [0.15, 0.2) is 12.7 Å². The average molecular weight is 286 g/mol. The van der Waals surface area contributed by atoms with Gasteiger partial charge in [0.25, 0.3) is 0 Å². The maximum atomic E-state index is 12.0. The number of hydrogen-bond donors (Lipinski definition) is 1. The SMILES string of the molecule is C=CC1CC1(N)C(=O)CCCS(=O)(=O)N1CCCC1. The van der Waals surface area contributed by atoms with Gasteiger partial charge in [-0.3, -0.25) is 4.79 Å². The summed E-state index contributed by atoms with van der Waals surface area (Å²) in [4.78, 5) is 11.9. The Bertz CT molecular complexity index is 468. The van der Waals surface area contributed by atoms with E-state index in [-0.39, 0.29) is 23.9 Å². The summed E-state index contributed by atoms with van der Waals surface area (Å²) in [5, 5.41) is 0. The van der Waals surface area contributed by atoms with Crippen LogP contribution in [0.5, 0.6) is 0 Å². The largest absolute Gasteiger partial charge is 0.318 e. The van der Waals surface area contributed by atoms with Gasteiger partial charge in [-0.1, -0.05) is 6.08 Å². The van der Waals surface area contributed by atoms with Gasteiger partial charge in [0.15, 0.2) is 5.78 Å². The van der Waals surface area contributed by atoms with Gasteiger partial charge in [0.2, 0.25) is 10.0 Å². The fourth-order valence-electron chi connectivity index (χ4n) is 2.66. The number of rotatable bonds is 7. The van der Waals surface area contributed by atoms with Crippen LogP contribution in [0.2, 0.25) is 0 Å². The van der Waals surface area contributed by atoms with Gasteiger partial charge in [-0.2, -0.15) is 0 Å². The molecular weight excluding hydrogens is 264 g/mol. The highest BCUT2D eigenvalue weighted by molar-refractivity contribution is 7.89. The molecule has 0 aromatic carbocycles. The van der Waals surface area contributed by atoms with Crippen LogP contribution < -0.4 is 5.73 Å². The van der Waals surface area contributed by atoms with Crippen LogP contribution in [0, 0.1) is 5.92 Å². The van der Waals surface area contributed by atoms with E-state index in [9.17, 15) is 13.2 Å². The first-order valence-electron chi connectivity index (χ1n) is 6.83. The summed E-state index contributed by atoms with van der Waals surface area (Å²) in [7, 11) is -3.18. The Hall–Kier alpha value is -0.720. The lowest BCUT2D eigenvalue weighted by molar-refractivity contribution is -0.121. The van der Waals surface area contributed by atoms with Crippen molar-refractivity contribution in [2.75, 3.05) is 18.8 Å². The highest BCUT2D eigenvalue weighted by atomic mass is 32.2. The monoisotopic (exact) mass is 286 g/mol. The lowest BCUT2D eigenvalue weighted by atomic mass is 10.1. The molecule has 108 valence electrons. The second kappa shape index (κ2) is 5.34. The molecule has 0 spiro atoms. The van der Waals surface area contributed by atoms with Gasteiger partial charge in [-0.05, 0) is 25.7 Å². The third-order valence-electron chi connectivity index (χ3n) is 4.13. The van der Waals surface area contributed by atoms with Gasteiger partial charge in [0, 0.05) is 25.4 Å². The molecule has 0 aromatic rings. The van der Waals surface area contributed by atoms with E-state index in [1.807, 2.05) is 0 Å². The number of carbonyl (C=O) groups is 1. The third-order valence-corrected chi connectivity index (χ3v) is 6.08.